The Labute approximate surface area is 60.9 Å². The van der Waals surface area contributed by atoms with Crippen molar-refractivity contribution >= 4 is 5.97 Å². The maximum Gasteiger partial charge on any atom is 0.354 e. The highest BCUT2D eigenvalue weighted by Crippen LogP contribution is 1.93. The van der Waals surface area contributed by atoms with Crippen LogP contribution >= 0.6 is 0 Å². The fourth-order valence-electron chi connectivity index (χ4n) is 0.400. The van der Waals surface area contributed by atoms with Gasteiger partial charge in [-0.2, -0.15) is 0 Å². The van der Waals surface area contributed by atoms with Gasteiger partial charge in [-0.1, -0.05) is 6.08 Å². The zero-order valence-electron chi connectivity index (χ0n) is 6.55. The van der Waals surface area contributed by atoms with Gasteiger partial charge in [0.15, 0.2) is 0 Å². The van der Waals surface area contributed by atoms with Crippen molar-refractivity contribution in [2.45, 2.75) is 26.9 Å². The van der Waals surface area contributed by atoms with Crippen LogP contribution in [0.25, 0.3) is 0 Å². The molecule has 0 saturated heterocycles. The molecule has 0 atom stereocenters. The highest BCUT2D eigenvalue weighted by molar-refractivity contribution is 5.87. The first-order valence-electron chi connectivity index (χ1n) is 3.20. The molecule has 0 fully saturated rings. The van der Waals surface area contributed by atoms with Crippen LogP contribution in [0.1, 0.15) is 20.8 Å². The lowest BCUT2D eigenvalue weighted by Crippen LogP contribution is -2.18. The van der Waals surface area contributed by atoms with Gasteiger partial charge in [-0.3, -0.25) is 0 Å². The summed E-state index contributed by atoms with van der Waals surface area (Å²) in [6.07, 6.45) is 1.41. The minimum atomic E-state index is -0.447. The average Bonchev–Trinajstić information content (AvgIpc) is 1.85. The molecule has 0 aromatic rings. The Bertz CT molecular complexity index is 150. The van der Waals surface area contributed by atoms with Crippen molar-refractivity contribution in [2.24, 2.45) is 5.73 Å². The zero-order chi connectivity index (χ0) is 8.15. The fraction of sp³-hybridized carbons (Fsp3) is 0.571. The van der Waals surface area contributed by atoms with Gasteiger partial charge in [0, 0.05) is 0 Å². The molecule has 0 aliphatic rings. The Hall–Kier alpha value is -0.990. The summed E-state index contributed by atoms with van der Waals surface area (Å²) in [5, 5.41) is 0. The molecule has 0 aromatic heterocycles. The molecular formula is C7H13NO2. The van der Waals surface area contributed by atoms with Crippen molar-refractivity contribution < 1.29 is 9.53 Å². The Morgan fingerprint density at radius 3 is 2.40 bits per heavy atom. The monoisotopic (exact) mass is 143 g/mol. The van der Waals surface area contributed by atoms with Gasteiger partial charge in [0.2, 0.25) is 0 Å². The predicted octanol–water partition coefficient (Wildman–Crippen LogP) is 0.800. The molecule has 0 amide bonds. The number of allylic oxidation sites excluding steroid dienone is 1. The number of hydrogen-bond acceptors (Lipinski definition) is 3. The van der Waals surface area contributed by atoms with Crippen LogP contribution in [0.15, 0.2) is 11.8 Å². The number of hydrogen-bond donors (Lipinski definition) is 1. The minimum Gasteiger partial charge on any atom is -0.458 e. The van der Waals surface area contributed by atoms with Gasteiger partial charge in [0.1, 0.15) is 5.70 Å². The van der Waals surface area contributed by atoms with E-state index in [-0.39, 0.29) is 11.8 Å². The highest BCUT2D eigenvalue weighted by atomic mass is 16.5. The summed E-state index contributed by atoms with van der Waals surface area (Å²) in [5.74, 6) is -0.447. The first-order chi connectivity index (χ1) is 4.57. The molecule has 0 aliphatic heterocycles. The van der Waals surface area contributed by atoms with E-state index in [0.717, 1.165) is 0 Å². The van der Waals surface area contributed by atoms with Gasteiger partial charge in [0.05, 0.1) is 6.10 Å². The molecule has 10 heavy (non-hydrogen) atoms. The highest BCUT2D eigenvalue weighted by Gasteiger charge is 2.06. The van der Waals surface area contributed by atoms with Gasteiger partial charge in [-0.05, 0) is 20.8 Å². The molecule has 2 N–H and O–H groups in total. The van der Waals surface area contributed by atoms with E-state index >= 15 is 0 Å². The molecule has 0 heterocycles. The third-order valence-electron chi connectivity index (χ3n) is 0.889. The summed E-state index contributed by atoms with van der Waals surface area (Å²) in [6, 6.07) is 0. The van der Waals surface area contributed by atoms with Gasteiger partial charge in [0.25, 0.3) is 0 Å². The summed E-state index contributed by atoms with van der Waals surface area (Å²) in [5.41, 5.74) is 5.41. The number of esters is 1. The summed E-state index contributed by atoms with van der Waals surface area (Å²) in [6.45, 7) is 5.25. The van der Waals surface area contributed by atoms with Crippen LogP contribution in [0.2, 0.25) is 0 Å². The molecule has 0 aliphatic carbocycles. The standard InChI is InChI=1S/C7H13NO2/c1-4-6(8)7(9)10-5(2)3/h4-5H,8H2,1-3H3. The van der Waals surface area contributed by atoms with Crippen LogP contribution in [-0.4, -0.2) is 12.1 Å². The molecule has 0 unspecified atom stereocenters. The maximum atomic E-state index is 10.8. The predicted molar refractivity (Wildman–Crippen MR) is 39.2 cm³/mol. The summed E-state index contributed by atoms with van der Waals surface area (Å²) in [7, 11) is 0. The van der Waals surface area contributed by atoms with Crippen molar-refractivity contribution in [2.75, 3.05) is 0 Å². The number of nitrogens with two attached hydrogens (primary N) is 1. The van der Waals surface area contributed by atoms with Crippen LogP contribution in [-0.2, 0) is 9.53 Å². The molecule has 3 heteroatoms. The van der Waals surface area contributed by atoms with Gasteiger partial charge < -0.3 is 10.5 Å². The molecule has 58 valence electrons. The van der Waals surface area contributed by atoms with Crippen LogP contribution in [0.4, 0.5) is 0 Å². The van der Waals surface area contributed by atoms with Crippen molar-refractivity contribution in [3.8, 4) is 0 Å². The Balaban J connectivity index is 3.86. The van der Waals surface area contributed by atoms with Crippen LogP contribution < -0.4 is 5.73 Å². The fourth-order valence-corrected chi connectivity index (χ4v) is 0.400. The average molecular weight is 143 g/mol. The Morgan fingerprint density at radius 1 is 1.60 bits per heavy atom. The smallest absolute Gasteiger partial charge is 0.354 e. The third-order valence-corrected chi connectivity index (χ3v) is 0.889. The Morgan fingerprint density at radius 2 is 2.10 bits per heavy atom. The lowest BCUT2D eigenvalue weighted by Gasteiger charge is -2.06. The molecule has 0 spiro atoms. The largest absolute Gasteiger partial charge is 0.458 e. The lowest BCUT2D eigenvalue weighted by molar-refractivity contribution is -0.142. The molecule has 3 nitrogen and oxygen atoms in total. The molecule has 0 bridgehead atoms. The van der Waals surface area contributed by atoms with Crippen molar-refractivity contribution in [3.05, 3.63) is 11.8 Å². The summed E-state index contributed by atoms with van der Waals surface area (Å²) >= 11 is 0. The van der Waals surface area contributed by atoms with Crippen molar-refractivity contribution in [1.82, 2.24) is 0 Å². The van der Waals surface area contributed by atoms with E-state index in [1.54, 1.807) is 20.8 Å². The van der Waals surface area contributed by atoms with E-state index in [1.165, 1.54) is 6.08 Å². The van der Waals surface area contributed by atoms with Crippen LogP contribution in [0, 0.1) is 0 Å². The van der Waals surface area contributed by atoms with E-state index in [1.807, 2.05) is 0 Å². The number of carbonyl (C=O) groups excluding carboxylic acids is 1. The SMILES string of the molecule is CC=C(N)C(=O)OC(C)C. The van der Waals surface area contributed by atoms with E-state index in [9.17, 15) is 4.79 Å². The van der Waals surface area contributed by atoms with E-state index in [4.69, 9.17) is 10.5 Å². The zero-order valence-corrected chi connectivity index (χ0v) is 6.55. The van der Waals surface area contributed by atoms with Gasteiger partial charge >= 0.3 is 5.97 Å². The van der Waals surface area contributed by atoms with Crippen molar-refractivity contribution in [1.29, 1.82) is 0 Å². The van der Waals surface area contributed by atoms with Crippen LogP contribution in [0.5, 0.6) is 0 Å². The van der Waals surface area contributed by atoms with E-state index < -0.39 is 5.97 Å². The normalized spacial score (nSPS) is 11.8. The molecule has 0 radical (unpaired) electrons. The van der Waals surface area contributed by atoms with Gasteiger partial charge in [-0.15, -0.1) is 0 Å². The topological polar surface area (TPSA) is 52.3 Å². The molecule has 0 rings (SSSR count). The van der Waals surface area contributed by atoms with E-state index in [2.05, 4.69) is 0 Å². The number of ether oxygens (including phenoxy) is 1. The maximum absolute atomic E-state index is 10.8. The van der Waals surface area contributed by atoms with Crippen LogP contribution in [0.3, 0.4) is 0 Å². The summed E-state index contributed by atoms with van der Waals surface area (Å²) in [4.78, 5) is 10.8. The number of carbonyl (C=O) groups is 1. The molecule has 0 aromatic carbocycles. The second-order valence-electron chi connectivity index (χ2n) is 2.20. The number of rotatable bonds is 2. The Kier molecular flexibility index (Phi) is 3.54. The molecular weight excluding hydrogens is 130 g/mol. The third kappa shape index (κ3) is 3.12. The first-order valence-corrected chi connectivity index (χ1v) is 3.20. The van der Waals surface area contributed by atoms with E-state index in [0.29, 0.717) is 0 Å². The first kappa shape index (κ1) is 9.01. The molecule has 0 saturated carbocycles. The second-order valence-corrected chi connectivity index (χ2v) is 2.20. The quantitative estimate of drug-likeness (QED) is 0.459. The van der Waals surface area contributed by atoms with Crippen molar-refractivity contribution in [3.63, 3.8) is 0 Å². The summed E-state index contributed by atoms with van der Waals surface area (Å²) < 4.78 is 4.77. The second kappa shape index (κ2) is 3.93. The minimum absolute atomic E-state index is 0.106. The van der Waals surface area contributed by atoms with Gasteiger partial charge in [-0.25, -0.2) is 4.79 Å². The lowest BCUT2D eigenvalue weighted by atomic mass is 10.4.